The van der Waals surface area contributed by atoms with E-state index < -0.39 is 6.10 Å². The van der Waals surface area contributed by atoms with Crippen molar-refractivity contribution in [2.45, 2.75) is 44.4 Å². The molecule has 2 aliphatic rings. The summed E-state index contributed by atoms with van der Waals surface area (Å²) in [6.07, 6.45) is 1.86. The van der Waals surface area contributed by atoms with Crippen molar-refractivity contribution in [2.24, 2.45) is 0 Å². The molecular formula is C23H24BrN3O3. The van der Waals surface area contributed by atoms with Gasteiger partial charge in [0.25, 0.3) is 0 Å². The Labute approximate surface area is 184 Å². The number of aryl methyl sites for hydroxylation is 1. The van der Waals surface area contributed by atoms with Crippen LogP contribution in [0.1, 0.15) is 42.4 Å². The van der Waals surface area contributed by atoms with E-state index in [1.54, 1.807) is 0 Å². The highest BCUT2D eigenvalue weighted by atomic mass is 79.9. The maximum Gasteiger partial charge on any atom is 0.247 e. The van der Waals surface area contributed by atoms with Crippen molar-refractivity contribution < 1.29 is 14.3 Å². The zero-order valence-corrected chi connectivity index (χ0v) is 18.4. The summed E-state index contributed by atoms with van der Waals surface area (Å²) in [7, 11) is 0. The number of hydrogen-bond acceptors (Lipinski definition) is 6. The summed E-state index contributed by atoms with van der Waals surface area (Å²) >= 11 is 3.50. The number of hydrogen-bond donors (Lipinski definition) is 1. The predicted molar refractivity (Wildman–Crippen MR) is 116 cm³/mol. The van der Waals surface area contributed by atoms with E-state index in [1.807, 2.05) is 42.5 Å². The number of likely N-dealkylation sites (tertiary alicyclic amines) is 1. The SMILES string of the molecule is Cc1ccc(-c2nnc(CN3CCC4(CC3)CC(O)c3ccc(Br)cc3O4)o2)cc1. The average molecular weight is 470 g/mol. The second-order valence-corrected chi connectivity index (χ2v) is 9.25. The molecule has 7 heteroatoms. The van der Waals surface area contributed by atoms with Crippen molar-refractivity contribution in [1.29, 1.82) is 0 Å². The molecule has 3 aromatic rings. The number of halogens is 1. The lowest BCUT2D eigenvalue weighted by atomic mass is 9.81. The average Bonchev–Trinajstić information content (AvgIpc) is 3.18. The van der Waals surface area contributed by atoms with Gasteiger partial charge >= 0.3 is 0 Å². The number of nitrogens with zero attached hydrogens (tertiary/aromatic N) is 3. The summed E-state index contributed by atoms with van der Waals surface area (Å²) < 4.78 is 13.3. The molecule has 1 unspecified atom stereocenters. The van der Waals surface area contributed by atoms with Crippen LogP contribution in [0.2, 0.25) is 0 Å². The number of piperidine rings is 1. The third-order valence-electron chi connectivity index (χ3n) is 6.12. The molecule has 5 rings (SSSR count). The van der Waals surface area contributed by atoms with Gasteiger partial charge in [0, 0.05) is 35.1 Å². The second-order valence-electron chi connectivity index (χ2n) is 8.33. The Hall–Kier alpha value is -2.22. The van der Waals surface area contributed by atoms with Crippen molar-refractivity contribution in [1.82, 2.24) is 15.1 Å². The molecule has 1 aromatic heterocycles. The van der Waals surface area contributed by atoms with Crippen LogP contribution >= 0.6 is 15.9 Å². The van der Waals surface area contributed by atoms with Gasteiger partial charge in [-0.15, -0.1) is 10.2 Å². The van der Waals surface area contributed by atoms with Gasteiger partial charge in [-0.05, 0) is 44.0 Å². The Morgan fingerprint density at radius 2 is 1.90 bits per heavy atom. The van der Waals surface area contributed by atoms with Crippen molar-refractivity contribution in [3.05, 3.63) is 64.0 Å². The fraction of sp³-hybridized carbons (Fsp3) is 0.391. The minimum Gasteiger partial charge on any atom is -0.487 e. The molecule has 6 nitrogen and oxygen atoms in total. The van der Waals surface area contributed by atoms with Gasteiger partial charge in [0.1, 0.15) is 11.4 Å². The second kappa shape index (κ2) is 7.80. The summed E-state index contributed by atoms with van der Waals surface area (Å²) in [5.41, 5.74) is 2.70. The van der Waals surface area contributed by atoms with E-state index in [4.69, 9.17) is 9.15 Å². The molecular weight excluding hydrogens is 446 g/mol. The van der Waals surface area contributed by atoms with E-state index in [2.05, 4.69) is 38.0 Å². The monoisotopic (exact) mass is 469 g/mol. The molecule has 1 spiro atoms. The summed E-state index contributed by atoms with van der Waals surface area (Å²) in [5, 5.41) is 19.1. The van der Waals surface area contributed by atoms with E-state index in [9.17, 15) is 5.11 Å². The molecule has 1 atom stereocenters. The van der Waals surface area contributed by atoms with Crippen LogP contribution in [0, 0.1) is 6.92 Å². The third-order valence-corrected chi connectivity index (χ3v) is 6.61. The van der Waals surface area contributed by atoms with Crippen LogP contribution in [0.4, 0.5) is 0 Å². The summed E-state index contributed by atoms with van der Waals surface area (Å²) in [6, 6.07) is 13.9. The zero-order valence-electron chi connectivity index (χ0n) is 16.8. The fourth-order valence-corrected chi connectivity index (χ4v) is 4.70. The third kappa shape index (κ3) is 3.89. The molecule has 3 heterocycles. The number of aromatic nitrogens is 2. The van der Waals surface area contributed by atoms with Gasteiger partial charge < -0.3 is 14.3 Å². The van der Waals surface area contributed by atoms with Crippen molar-refractivity contribution in [3.8, 4) is 17.2 Å². The van der Waals surface area contributed by atoms with Gasteiger partial charge in [-0.3, -0.25) is 4.90 Å². The molecule has 0 radical (unpaired) electrons. The van der Waals surface area contributed by atoms with Gasteiger partial charge in [0.05, 0.1) is 12.6 Å². The molecule has 0 amide bonds. The molecule has 0 bridgehead atoms. The molecule has 156 valence electrons. The Bertz CT molecular complexity index is 1040. The predicted octanol–water partition coefficient (Wildman–Crippen LogP) is 4.66. The van der Waals surface area contributed by atoms with Crippen LogP contribution < -0.4 is 4.74 Å². The standard InChI is InChI=1S/C23H24BrN3O3/c1-15-2-4-16(5-3-15)22-26-25-21(29-22)14-27-10-8-23(9-11-27)13-19(28)18-7-6-17(24)12-20(18)30-23/h2-7,12,19,28H,8-11,13-14H2,1H3. The van der Waals surface area contributed by atoms with Gasteiger partial charge in [0.15, 0.2) is 0 Å². The smallest absolute Gasteiger partial charge is 0.247 e. The largest absolute Gasteiger partial charge is 0.487 e. The van der Waals surface area contributed by atoms with Crippen LogP contribution in [0.3, 0.4) is 0 Å². The van der Waals surface area contributed by atoms with Gasteiger partial charge in [-0.25, -0.2) is 0 Å². The lowest BCUT2D eigenvalue weighted by molar-refractivity contribution is -0.0560. The minimum absolute atomic E-state index is 0.314. The van der Waals surface area contributed by atoms with Crippen molar-refractivity contribution in [3.63, 3.8) is 0 Å². The van der Waals surface area contributed by atoms with Crippen LogP contribution in [0.25, 0.3) is 11.5 Å². The fourth-order valence-electron chi connectivity index (χ4n) is 4.36. The normalized spacial score (nSPS) is 20.7. The molecule has 30 heavy (non-hydrogen) atoms. The van der Waals surface area contributed by atoms with Crippen LogP contribution in [-0.4, -0.2) is 38.9 Å². The summed E-state index contributed by atoms with van der Waals surface area (Å²) in [4.78, 5) is 2.31. The quantitative estimate of drug-likeness (QED) is 0.601. The molecule has 1 saturated heterocycles. The first kappa shape index (κ1) is 19.7. The molecule has 0 saturated carbocycles. The highest BCUT2D eigenvalue weighted by Crippen LogP contribution is 2.45. The number of ether oxygens (including phenoxy) is 1. The number of aliphatic hydroxyl groups is 1. The molecule has 2 aromatic carbocycles. The molecule has 1 N–H and O–H groups in total. The van der Waals surface area contributed by atoms with Crippen LogP contribution in [-0.2, 0) is 6.54 Å². The maximum absolute atomic E-state index is 10.7. The number of rotatable bonds is 3. The number of benzene rings is 2. The van der Waals surface area contributed by atoms with Gasteiger partial charge in [-0.1, -0.05) is 39.7 Å². The van der Waals surface area contributed by atoms with Gasteiger partial charge in [-0.2, -0.15) is 0 Å². The molecule has 2 aliphatic heterocycles. The Kier molecular flexibility index (Phi) is 5.13. The minimum atomic E-state index is -0.485. The van der Waals surface area contributed by atoms with Crippen molar-refractivity contribution >= 4 is 15.9 Å². The summed E-state index contributed by atoms with van der Waals surface area (Å²) in [6.45, 7) is 4.40. The van der Waals surface area contributed by atoms with Crippen LogP contribution in [0.15, 0.2) is 51.4 Å². The van der Waals surface area contributed by atoms with Gasteiger partial charge in [0.2, 0.25) is 11.8 Å². The highest BCUT2D eigenvalue weighted by Gasteiger charge is 2.43. The topological polar surface area (TPSA) is 71.6 Å². The summed E-state index contributed by atoms with van der Waals surface area (Å²) in [5.74, 6) is 1.97. The van der Waals surface area contributed by atoms with E-state index in [0.717, 1.165) is 47.3 Å². The first-order valence-electron chi connectivity index (χ1n) is 10.3. The first-order chi connectivity index (χ1) is 14.5. The van der Waals surface area contributed by atoms with E-state index >= 15 is 0 Å². The Morgan fingerprint density at radius 1 is 1.13 bits per heavy atom. The lowest BCUT2D eigenvalue weighted by Crippen LogP contribution is -2.50. The first-order valence-corrected chi connectivity index (χ1v) is 11.1. The van der Waals surface area contributed by atoms with Crippen molar-refractivity contribution in [2.75, 3.05) is 13.1 Å². The Balaban J connectivity index is 1.23. The maximum atomic E-state index is 10.7. The van der Waals surface area contributed by atoms with E-state index in [0.29, 0.717) is 24.7 Å². The van der Waals surface area contributed by atoms with E-state index in [1.165, 1.54) is 5.56 Å². The van der Waals surface area contributed by atoms with Crippen LogP contribution in [0.5, 0.6) is 5.75 Å². The highest BCUT2D eigenvalue weighted by molar-refractivity contribution is 9.10. The molecule has 0 aliphatic carbocycles. The zero-order chi connectivity index (χ0) is 20.7. The molecule has 1 fully saturated rings. The number of aliphatic hydroxyl groups excluding tert-OH is 1. The Morgan fingerprint density at radius 3 is 2.67 bits per heavy atom. The number of fused-ring (bicyclic) bond motifs is 1. The van der Waals surface area contributed by atoms with E-state index in [-0.39, 0.29) is 5.60 Å². The lowest BCUT2D eigenvalue weighted by Gasteiger charge is -2.45.